The monoisotopic (exact) mass is 470 g/mol. The average molecular weight is 471 g/mol. The molecule has 0 N–H and O–H groups in total. The van der Waals surface area contributed by atoms with E-state index in [0.29, 0.717) is 37.6 Å². The number of benzene rings is 2. The summed E-state index contributed by atoms with van der Waals surface area (Å²) < 4.78 is 28.4. The second-order valence-electron chi connectivity index (χ2n) is 8.48. The summed E-state index contributed by atoms with van der Waals surface area (Å²) in [6.07, 6.45) is 3.57. The lowest BCUT2D eigenvalue weighted by molar-refractivity contribution is 0.241. The fraction of sp³-hybridized carbons (Fsp3) is 0.185. The van der Waals surface area contributed by atoms with E-state index in [-0.39, 0.29) is 0 Å². The zero-order valence-electron chi connectivity index (χ0n) is 18.8. The Labute approximate surface area is 200 Å². The molecule has 34 heavy (non-hydrogen) atoms. The fourth-order valence-corrected chi connectivity index (χ4v) is 5.76. The molecule has 1 aliphatic rings. The van der Waals surface area contributed by atoms with Crippen LogP contribution in [0.1, 0.15) is 28.1 Å². The fourth-order valence-electron chi connectivity index (χ4n) is 4.29. The number of fused-ring (bicyclic) bond motifs is 1. The second kappa shape index (κ2) is 9.85. The zero-order valence-corrected chi connectivity index (χ0v) is 19.6. The summed E-state index contributed by atoms with van der Waals surface area (Å²) in [6.45, 7) is 2.67. The van der Waals surface area contributed by atoms with Crippen molar-refractivity contribution in [1.82, 2.24) is 19.2 Å². The van der Waals surface area contributed by atoms with Crippen LogP contribution in [0.25, 0.3) is 0 Å². The Bertz CT molecular complexity index is 1300. The summed E-state index contributed by atoms with van der Waals surface area (Å²) in [5.41, 5.74) is 4.98. The smallest absolute Gasteiger partial charge is 0.243 e. The molecule has 3 heterocycles. The van der Waals surface area contributed by atoms with Crippen molar-refractivity contribution in [2.45, 2.75) is 37.6 Å². The molecule has 0 atom stereocenters. The summed E-state index contributed by atoms with van der Waals surface area (Å²) in [5, 5.41) is 0. The maximum atomic E-state index is 13.4. The van der Waals surface area contributed by atoms with Crippen molar-refractivity contribution in [3.63, 3.8) is 0 Å². The molecule has 0 bridgehead atoms. The number of sulfonamides is 1. The van der Waals surface area contributed by atoms with Crippen molar-refractivity contribution in [2.75, 3.05) is 0 Å². The van der Waals surface area contributed by atoms with Crippen molar-refractivity contribution in [3.8, 4) is 0 Å². The SMILES string of the molecule is O=S(=O)(c1cccc(CN(Cc2ccccn2)Cc2ccccn2)c1)N1Cc2ccccc2C1. The number of rotatable bonds is 8. The number of hydrogen-bond acceptors (Lipinski definition) is 5. The lowest BCUT2D eigenvalue weighted by atomic mass is 10.1. The Balaban J connectivity index is 1.37. The van der Waals surface area contributed by atoms with Gasteiger partial charge in [-0.25, -0.2) is 8.42 Å². The third kappa shape index (κ3) is 5.07. The number of nitrogens with zero attached hydrogens (tertiary/aromatic N) is 4. The van der Waals surface area contributed by atoms with E-state index >= 15 is 0 Å². The molecule has 5 rings (SSSR count). The van der Waals surface area contributed by atoms with Gasteiger partial charge in [0.2, 0.25) is 10.0 Å². The van der Waals surface area contributed by atoms with E-state index in [1.165, 1.54) is 0 Å². The van der Waals surface area contributed by atoms with Crippen molar-refractivity contribution < 1.29 is 8.42 Å². The highest BCUT2D eigenvalue weighted by Crippen LogP contribution is 2.29. The minimum Gasteiger partial charge on any atom is -0.287 e. The molecule has 0 radical (unpaired) electrons. The number of aromatic nitrogens is 2. The molecular weight excluding hydrogens is 444 g/mol. The highest BCUT2D eigenvalue weighted by molar-refractivity contribution is 7.89. The van der Waals surface area contributed by atoms with Gasteiger partial charge in [0.05, 0.1) is 16.3 Å². The summed E-state index contributed by atoms with van der Waals surface area (Å²) in [7, 11) is -3.59. The van der Waals surface area contributed by atoms with Crippen LogP contribution in [0.3, 0.4) is 0 Å². The summed E-state index contributed by atoms with van der Waals surface area (Å²) in [6, 6.07) is 26.9. The lowest BCUT2D eigenvalue weighted by Crippen LogP contribution is -2.26. The standard InChI is InChI=1S/C27H26N4O2S/c32-34(33,31-18-23-9-1-2-10-24(23)19-31)27-13-7-8-22(16-27)17-30(20-25-11-3-5-14-28-25)21-26-12-4-6-15-29-26/h1-16H,17-21H2. The average Bonchev–Trinajstić information content (AvgIpc) is 3.31. The van der Waals surface area contributed by atoms with E-state index in [4.69, 9.17) is 0 Å². The minimum atomic E-state index is -3.59. The maximum absolute atomic E-state index is 13.4. The van der Waals surface area contributed by atoms with Gasteiger partial charge < -0.3 is 0 Å². The molecule has 0 fully saturated rings. The molecule has 172 valence electrons. The lowest BCUT2D eigenvalue weighted by Gasteiger charge is -2.22. The van der Waals surface area contributed by atoms with Crippen LogP contribution in [0, 0.1) is 0 Å². The van der Waals surface area contributed by atoms with Gasteiger partial charge in [0.15, 0.2) is 0 Å². The molecule has 0 unspecified atom stereocenters. The van der Waals surface area contributed by atoms with Crippen LogP contribution in [0.15, 0.2) is 102 Å². The largest absolute Gasteiger partial charge is 0.287 e. The molecule has 0 saturated heterocycles. The predicted molar refractivity (Wildman–Crippen MR) is 131 cm³/mol. The Morgan fingerprint density at radius 2 is 1.29 bits per heavy atom. The Kier molecular flexibility index (Phi) is 6.49. The summed E-state index contributed by atoms with van der Waals surface area (Å²) in [5.74, 6) is 0. The first-order valence-corrected chi connectivity index (χ1v) is 12.7. The summed E-state index contributed by atoms with van der Waals surface area (Å²) in [4.78, 5) is 11.5. The third-order valence-electron chi connectivity index (χ3n) is 5.98. The number of hydrogen-bond donors (Lipinski definition) is 0. The molecule has 2 aromatic carbocycles. The van der Waals surface area contributed by atoms with Crippen LogP contribution >= 0.6 is 0 Å². The van der Waals surface area contributed by atoms with Gasteiger partial charge in [-0.3, -0.25) is 14.9 Å². The van der Waals surface area contributed by atoms with E-state index in [9.17, 15) is 8.42 Å². The highest BCUT2D eigenvalue weighted by Gasteiger charge is 2.30. The van der Waals surface area contributed by atoms with Crippen LogP contribution in [0.5, 0.6) is 0 Å². The Hall–Kier alpha value is -3.39. The molecule has 1 aliphatic heterocycles. The van der Waals surface area contributed by atoms with Gasteiger partial charge in [0.25, 0.3) is 0 Å². The molecule has 0 spiro atoms. The highest BCUT2D eigenvalue weighted by atomic mass is 32.2. The van der Waals surface area contributed by atoms with Crippen molar-refractivity contribution >= 4 is 10.0 Å². The molecule has 0 amide bonds. The van der Waals surface area contributed by atoms with Crippen LogP contribution in [-0.2, 0) is 42.7 Å². The minimum absolute atomic E-state index is 0.327. The molecule has 4 aromatic rings. The summed E-state index contributed by atoms with van der Waals surface area (Å²) >= 11 is 0. The Morgan fingerprint density at radius 1 is 0.706 bits per heavy atom. The first kappa shape index (κ1) is 22.4. The zero-order chi connectivity index (χ0) is 23.4. The van der Waals surface area contributed by atoms with Crippen molar-refractivity contribution in [1.29, 1.82) is 0 Å². The Morgan fingerprint density at radius 3 is 1.85 bits per heavy atom. The van der Waals surface area contributed by atoms with Gasteiger partial charge in [-0.2, -0.15) is 4.31 Å². The molecule has 6 nitrogen and oxygen atoms in total. The quantitative estimate of drug-likeness (QED) is 0.382. The van der Waals surface area contributed by atoms with Gasteiger partial charge in [0, 0.05) is 45.1 Å². The topological polar surface area (TPSA) is 66.4 Å². The van der Waals surface area contributed by atoms with E-state index < -0.39 is 10.0 Å². The third-order valence-corrected chi connectivity index (χ3v) is 7.77. The van der Waals surface area contributed by atoms with Gasteiger partial charge in [-0.15, -0.1) is 0 Å². The van der Waals surface area contributed by atoms with Crippen LogP contribution in [0.2, 0.25) is 0 Å². The maximum Gasteiger partial charge on any atom is 0.243 e. The van der Waals surface area contributed by atoms with E-state index in [2.05, 4.69) is 14.9 Å². The number of pyridine rings is 2. The molecule has 0 aliphatic carbocycles. The molecule has 0 saturated carbocycles. The van der Waals surface area contributed by atoms with Gasteiger partial charge in [-0.05, 0) is 53.1 Å². The van der Waals surface area contributed by atoms with E-state index in [0.717, 1.165) is 28.1 Å². The first-order valence-electron chi connectivity index (χ1n) is 11.3. The van der Waals surface area contributed by atoms with Crippen molar-refractivity contribution in [3.05, 3.63) is 125 Å². The van der Waals surface area contributed by atoms with Crippen molar-refractivity contribution in [2.24, 2.45) is 0 Å². The normalized spacial score (nSPS) is 13.8. The first-order chi connectivity index (χ1) is 16.6. The second-order valence-corrected chi connectivity index (χ2v) is 10.4. The molecular formula is C27H26N4O2S. The van der Waals surface area contributed by atoms with Gasteiger partial charge in [0.1, 0.15) is 0 Å². The molecule has 7 heteroatoms. The van der Waals surface area contributed by atoms with Gasteiger partial charge >= 0.3 is 0 Å². The van der Waals surface area contributed by atoms with Crippen LogP contribution < -0.4 is 0 Å². The predicted octanol–water partition coefficient (Wildman–Crippen LogP) is 4.38. The van der Waals surface area contributed by atoms with Crippen LogP contribution in [0.4, 0.5) is 0 Å². The van der Waals surface area contributed by atoms with Gasteiger partial charge in [-0.1, -0.05) is 48.5 Å². The van der Waals surface area contributed by atoms with E-state index in [1.54, 1.807) is 28.8 Å². The van der Waals surface area contributed by atoms with E-state index in [1.807, 2.05) is 72.8 Å². The molecule has 2 aromatic heterocycles. The van der Waals surface area contributed by atoms with Crippen LogP contribution in [-0.4, -0.2) is 27.6 Å².